The third-order valence-electron chi connectivity index (χ3n) is 7.48. The van der Waals surface area contributed by atoms with E-state index in [2.05, 4.69) is 29.4 Å². The number of aromatic nitrogens is 1. The first-order valence-corrected chi connectivity index (χ1v) is 14.0. The summed E-state index contributed by atoms with van der Waals surface area (Å²) in [7, 11) is 0. The number of hydrogen-bond acceptors (Lipinski definition) is 3. The van der Waals surface area contributed by atoms with Gasteiger partial charge in [0.1, 0.15) is 17.3 Å². The van der Waals surface area contributed by atoms with Crippen LogP contribution in [0.2, 0.25) is 0 Å². The Bertz CT molecular complexity index is 1580. The summed E-state index contributed by atoms with van der Waals surface area (Å²) < 4.78 is 29.4. The number of nitrogens with zero attached hydrogens (tertiary/aromatic N) is 2. The molecule has 3 aromatic carbocycles. The minimum absolute atomic E-state index is 0.0917. The number of para-hydroxylation sites is 1. The van der Waals surface area contributed by atoms with Crippen LogP contribution >= 0.6 is 0 Å². The standard InChI is InChI=1S/C32H34F2N4O3/c1-20(2)19-37(23-9-4-3-5-10-23)29-15-13-24(38-28-11-7-6-8-21(28)16-30(38)31(39)40)18-27(29)36-32(41)35-26-14-12-22(33)17-25(26)34/h6-8,11-18,20,23H,3-5,9-10,19H2,1-2H3,(H,39,40)(H2,35,36,41). The van der Waals surface area contributed by atoms with Gasteiger partial charge in [-0.05, 0) is 61.2 Å². The molecular weight excluding hydrogens is 526 g/mol. The Hall–Kier alpha value is -4.40. The lowest BCUT2D eigenvalue weighted by Gasteiger charge is -2.38. The molecule has 1 fully saturated rings. The molecule has 2 amide bonds. The van der Waals surface area contributed by atoms with Gasteiger partial charge in [-0.2, -0.15) is 0 Å². The molecular formula is C32H34F2N4O3. The van der Waals surface area contributed by atoms with Crippen molar-refractivity contribution in [2.24, 2.45) is 5.92 Å². The van der Waals surface area contributed by atoms with E-state index >= 15 is 0 Å². The van der Waals surface area contributed by atoms with Gasteiger partial charge >= 0.3 is 12.0 Å². The van der Waals surface area contributed by atoms with Crippen LogP contribution in [0, 0.1) is 17.6 Å². The first-order chi connectivity index (χ1) is 19.7. The number of carboxylic acids is 1. The molecule has 1 aliphatic carbocycles. The third kappa shape index (κ3) is 6.19. The van der Waals surface area contributed by atoms with Crippen LogP contribution in [0.3, 0.4) is 0 Å². The molecule has 0 unspecified atom stereocenters. The van der Waals surface area contributed by atoms with Crippen LogP contribution in [0.1, 0.15) is 56.4 Å². The molecule has 5 rings (SSSR count). The Kier molecular flexibility index (Phi) is 8.23. The third-order valence-corrected chi connectivity index (χ3v) is 7.48. The lowest BCUT2D eigenvalue weighted by Crippen LogP contribution is -2.40. The van der Waals surface area contributed by atoms with Crippen LogP contribution in [0.15, 0.2) is 66.7 Å². The lowest BCUT2D eigenvalue weighted by molar-refractivity contribution is 0.0688. The summed E-state index contributed by atoms with van der Waals surface area (Å²) in [4.78, 5) is 27.7. The zero-order valence-electron chi connectivity index (χ0n) is 23.2. The molecule has 9 heteroatoms. The van der Waals surface area contributed by atoms with Gasteiger partial charge in [0.15, 0.2) is 0 Å². The van der Waals surface area contributed by atoms with E-state index in [1.807, 2.05) is 36.4 Å². The number of carbonyl (C=O) groups excluding carboxylic acids is 1. The second kappa shape index (κ2) is 12.0. The predicted octanol–water partition coefficient (Wildman–Crippen LogP) is 8.05. The van der Waals surface area contributed by atoms with Crippen LogP contribution in [0.4, 0.5) is 30.6 Å². The van der Waals surface area contributed by atoms with Gasteiger partial charge in [-0.3, -0.25) is 0 Å². The van der Waals surface area contributed by atoms with Crippen molar-refractivity contribution >= 4 is 40.0 Å². The lowest BCUT2D eigenvalue weighted by atomic mass is 9.93. The van der Waals surface area contributed by atoms with Crippen molar-refractivity contribution in [2.45, 2.75) is 52.0 Å². The van der Waals surface area contributed by atoms with E-state index in [0.717, 1.165) is 49.4 Å². The molecule has 41 heavy (non-hydrogen) atoms. The summed E-state index contributed by atoms with van der Waals surface area (Å²) in [6, 6.07) is 17.1. The zero-order valence-corrected chi connectivity index (χ0v) is 23.2. The SMILES string of the molecule is CC(C)CN(c1ccc(-n2c(C(=O)O)cc3ccccc32)cc1NC(=O)Nc1ccc(F)cc1F)C1CCCCC1. The summed E-state index contributed by atoms with van der Waals surface area (Å²) in [6.45, 7) is 5.05. The minimum atomic E-state index is -1.08. The number of hydrogen-bond donors (Lipinski definition) is 3. The molecule has 1 aliphatic rings. The number of amides is 2. The van der Waals surface area contributed by atoms with Crippen molar-refractivity contribution in [1.82, 2.24) is 4.57 Å². The second-order valence-electron chi connectivity index (χ2n) is 11.0. The van der Waals surface area contributed by atoms with E-state index < -0.39 is 23.6 Å². The second-order valence-corrected chi connectivity index (χ2v) is 11.0. The monoisotopic (exact) mass is 560 g/mol. The average molecular weight is 561 g/mol. The molecule has 7 nitrogen and oxygen atoms in total. The van der Waals surface area contributed by atoms with E-state index in [0.29, 0.717) is 28.9 Å². The van der Waals surface area contributed by atoms with Gasteiger partial charge in [0.2, 0.25) is 0 Å². The van der Waals surface area contributed by atoms with Crippen molar-refractivity contribution in [2.75, 3.05) is 22.1 Å². The maximum absolute atomic E-state index is 14.3. The molecule has 0 saturated heterocycles. The molecule has 1 aromatic heterocycles. The number of aromatic carboxylic acids is 1. The minimum Gasteiger partial charge on any atom is -0.477 e. The van der Waals surface area contributed by atoms with Crippen LogP contribution in [0.5, 0.6) is 0 Å². The number of nitrogens with one attached hydrogen (secondary N) is 2. The number of urea groups is 1. The van der Waals surface area contributed by atoms with E-state index in [1.165, 1.54) is 12.5 Å². The normalized spacial score (nSPS) is 13.9. The average Bonchev–Trinajstić information content (AvgIpc) is 3.34. The topological polar surface area (TPSA) is 86.6 Å². The fourth-order valence-corrected chi connectivity index (χ4v) is 5.70. The summed E-state index contributed by atoms with van der Waals surface area (Å²) >= 11 is 0. The van der Waals surface area contributed by atoms with E-state index in [4.69, 9.17) is 0 Å². The number of halogens is 2. The number of carbonyl (C=O) groups is 2. The highest BCUT2D eigenvalue weighted by atomic mass is 19.1. The highest BCUT2D eigenvalue weighted by molar-refractivity contribution is 6.02. The van der Waals surface area contributed by atoms with Crippen LogP contribution in [-0.4, -0.2) is 34.3 Å². The van der Waals surface area contributed by atoms with Crippen molar-refractivity contribution in [3.05, 3.63) is 84.1 Å². The van der Waals surface area contributed by atoms with Gasteiger partial charge < -0.3 is 25.2 Å². The fourth-order valence-electron chi connectivity index (χ4n) is 5.70. The number of benzene rings is 3. The molecule has 1 saturated carbocycles. The highest BCUT2D eigenvalue weighted by Crippen LogP contribution is 2.36. The summed E-state index contributed by atoms with van der Waals surface area (Å²) in [5.41, 5.74) is 2.48. The molecule has 214 valence electrons. The predicted molar refractivity (Wildman–Crippen MR) is 158 cm³/mol. The van der Waals surface area contributed by atoms with Gasteiger partial charge in [0, 0.05) is 29.7 Å². The van der Waals surface area contributed by atoms with Gasteiger partial charge in [-0.15, -0.1) is 0 Å². The smallest absolute Gasteiger partial charge is 0.352 e. The van der Waals surface area contributed by atoms with Crippen LogP contribution in [0.25, 0.3) is 16.6 Å². The first kappa shape index (κ1) is 28.1. The van der Waals surface area contributed by atoms with Crippen molar-refractivity contribution < 1.29 is 23.5 Å². The number of anilines is 3. The van der Waals surface area contributed by atoms with Gasteiger partial charge in [0.05, 0.1) is 22.6 Å². The maximum Gasteiger partial charge on any atom is 0.352 e. The molecule has 0 atom stereocenters. The Morgan fingerprint density at radius 2 is 1.68 bits per heavy atom. The molecule has 3 N–H and O–H groups in total. The molecule has 0 radical (unpaired) electrons. The molecule has 0 bridgehead atoms. The van der Waals surface area contributed by atoms with E-state index in [1.54, 1.807) is 16.7 Å². The van der Waals surface area contributed by atoms with Gasteiger partial charge in [-0.25, -0.2) is 18.4 Å². The summed E-state index contributed by atoms with van der Waals surface area (Å²) in [5, 5.41) is 16.1. The Labute approximate surface area is 237 Å². The molecule has 4 aromatic rings. The Morgan fingerprint density at radius 1 is 0.951 bits per heavy atom. The quantitative estimate of drug-likeness (QED) is 0.204. The Balaban J connectivity index is 1.60. The number of rotatable bonds is 8. The first-order valence-electron chi connectivity index (χ1n) is 14.0. The molecule has 1 heterocycles. The van der Waals surface area contributed by atoms with E-state index in [9.17, 15) is 23.5 Å². The molecule has 0 aliphatic heterocycles. The summed E-state index contributed by atoms with van der Waals surface area (Å²) in [6.07, 6.45) is 5.52. The largest absolute Gasteiger partial charge is 0.477 e. The molecule has 0 spiro atoms. The number of fused-ring (bicyclic) bond motifs is 1. The highest BCUT2D eigenvalue weighted by Gasteiger charge is 2.26. The fraction of sp³-hybridized carbons (Fsp3) is 0.312. The van der Waals surface area contributed by atoms with E-state index in [-0.39, 0.29) is 17.4 Å². The van der Waals surface area contributed by atoms with Crippen LogP contribution in [-0.2, 0) is 0 Å². The zero-order chi connectivity index (χ0) is 29.1. The van der Waals surface area contributed by atoms with Crippen molar-refractivity contribution in [3.8, 4) is 5.69 Å². The maximum atomic E-state index is 14.3. The Morgan fingerprint density at radius 3 is 2.39 bits per heavy atom. The van der Waals surface area contributed by atoms with Crippen molar-refractivity contribution in [1.29, 1.82) is 0 Å². The summed E-state index contributed by atoms with van der Waals surface area (Å²) in [5.74, 6) is -2.36. The van der Waals surface area contributed by atoms with Gasteiger partial charge in [-0.1, -0.05) is 51.3 Å². The van der Waals surface area contributed by atoms with Gasteiger partial charge in [0.25, 0.3) is 0 Å². The van der Waals surface area contributed by atoms with Crippen LogP contribution < -0.4 is 15.5 Å². The number of carboxylic acid groups (broad SMARTS) is 1. The van der Waals surface area contributed by atoms with Crippen molar-refractivity contribution in [3.63, 3.8) is 0 Å².